The van der Waals surface area contributed by atoms with Gasteiger partial charge in [-0.05, 0) is 30.5 Å². The first-order chi connectivity index (χ1) is 11.1. The van der Waals surface area contributed by atoms with Gasteiger partial charge in [0, 0.05) is 13.2 Å². The number of thiazole rings is 1. The first-order valence-electron chi connectivity index (χ1n) is 7.42. The van der Waals surface area contributed by atoms with Gasteiger partial charge in [-0.1, -0.05) is 12.1 Å². The van der Waals surface area contributed by atoms with E-state index >= 15 is 0 Å². The van der Waals surface area contributed by atoms with Gasteiger partial charge < -0.3 is 15.2 Å². The van der Waals surface area contributed by atoms with Gasteiger partial charge in [-0.15, -0.1) is 11.3 Å². The van der Waals surface area contributed by atoms with Gasteiger partial charge in [-0.3, -0.25) is 4.79 Å². The zero-order valence-corrected chi connectivity index (χ0v) is 13.2. The molecule has 1 aliphatic heterocycles. The van der Waals surface area contributed by atoms with Crippen molar-refractivity contribution in [2.24, 2.45) is 0 Å². The van der Waals surface area contributed by atoms with E-state index in [-0.39, 0.29) is 24.4 Å². The number of aliphatic hydroxyl groups excluding tert-OH is 1. The Hall–Kier alpha value is -1.83. The summed E-state index contributed by atoms with van der Waals surface area (Å²) in [5, 5.41) is 13.5. The second-order valence-electron chi connectivity index (χ2n) is 5.34. The topological polar surface area (TPSA) is 71.5 Å². The number of hydrogen-bond acceptors (Lipinski definition) is 5. The predicted octanol–water partition coefficient (Wildman–Crippen LogP) is 2.60. The fraction of sp³-hybridized carbons (Fsp3) is 0.375. The summed E-state index contributed by atoms with van der Waals surface area (Å²) in [4.78, 5) is 16.8. The molecular formula is C16H17FN2O3S. The number of carbonyl (C=O) groups excluding carboxylic acids is 1. The lowest BCUT2D eigenvalue weighted by Gasteiger charge is -2.11. The molecule has 2 unspecified atom stereocenters. The summed E-state index contributed by atoms with van der Waals surface area (Å²) >= 11 is 1.31. The van der Waals surface area contributed by atoms with Gasteiger partial charge in [-0.2, -0.15) is 0 Å². The number of hydrogen-bond donors (Lipinski definition) is 2. The fourth-order valence-corrected chi connectivity index (χ4v) is 3.31. The van der Waals surface area contributed by atoms with Crippen LogP contribution in [0.15, 0.2) is 30.5 Å². The third-order valence-electron chi connectivity index (χ3n) is 3.66. The Morgan fingerprint density at radius 1 is 1.48 bits per heavy atom. The van der Waals surface area contributed by atoms with Crippen LogP contribution in [-0.4, -0.2) is 29.1 Å². The van der Waals surface area contributed by atoms with Gasteiger partial charge >= 0.3 is 0 Å². The van der Waals surface area contributed by atoms with Crippen LogP contribution in [0.5, 0.6) is 0 Å². The van der Waals surface area contributed by atoms with E-state index in [0.29, 0.717) is 10.4 Å². The van der Waals surface area contributed by atoms with Crippen molar-refractivity contribution in [1.82, 2.24) is 10.3 Å². The molecule has 0 saturated carbocycles. The maximum atomic E-state index is 12.8. The molecule has 2 heterocycles. The highest BCUT2D eigenvalue weighted by atomic mass is 32.1. The largest absolute Gasteiger partial charge is 0.387 e. The number of aliphatic hydroxyl groups is 1. The smallest absolute Gasteiger partial charge is 0.263 e. The van der Waals surface area contributed by atoms with Crippen LogP contribution < -0.4 is 5.32 Å². The third-order valence-corrected chi connectivity index (χ3v) is 4.75. The van der Waals surface area contributed by atoms with Crippen molar-refractivity contribution in [1.29, 1.82) is 0 Å². The number of nitrogens with one attached hydrogen (secondary N) is 1. The van der Waals surface area contributed by atoms with Gasteiger partial charge in [0.15, 0.2) is 0 Å². The van der Waals surface area contributed by atoms with Crippen LogP contribution in [0.1, 0.15) is 45.3 Å². The van der Waals surface area contributed by atoms with Crippen molar-refractivity contribution in [2.45, 2.75) is 25.0 Å². The zero-order chi connectivity index (χ0) is 16.2. The van der Waals surface area contributed by atoms with Crippen LogP contribution in [0, 0.1) is 5.82 Å². The van der Waals surface area contributed by atoms with Crippen LogP contribution in [0.4, 0.5) is 4.39 Å². The fourth-order valence-electron chi connectivity index (χ4n) is 2.39. The number of carbonyl (C=O) groups is 1. The number of nitrogens with zero attached hydrogens (tertiary/aromatic N) is 1. The quantitative estimate of drug-likeness (QED) is 0.880. The van der Waals surface area contributed by atoms with E-state index in [9.17, 15) is 14.3 Å². The van der Waals surface area contributed by atoms with E-state index in [2.05, 4.69) is 10.3 Å². The molecule has 0 aliphatic carbocycles. The number of rotatable bonds is 5. The molecule has 1 aliphatic rings. The van der Waals surface area contributed by atoms with E-state index in [1.54, 1.807) is 0 Å². The van der Waals surface area contributed by atoms with Gasteiger partial charge in [0.2, 0.25) is 0 Å². The van der Waals surface area contributed by atoms with Crippen molar-refractivity contribution in [2.75, 3.05) is 13.2 Å². The Morgan fingerprint density at radius 3 is 2.96 bits per heavy atom. The summed E-state index contributed by atoms with van der Waals surface area (Å²) < 4.78 is 18.4. The summed E-state index contributed by atoms with van der Waals surface area (Å²) in [6.07, 6.45) is 2.57. The predicted molar refractivity (Wildman–Crippen MR) is 83.7 cm³/mol. The number of amides is 1. The van der Waals surface area contributed by atoms with Crippen molar-refractivity contribution in [3.63, 3.8) is 0 Å². The molecule has 0 spiro atoms. The average Bonchev–Trinajstić information content (AvgIpc) is 3.23. The SMILES string of the molecule is O=C(NCC(O)c1ccc(F)cc1)c1cnc(C2CCCO2)s1. The highest BCUT2D eigenvalue weighted by Gasteiger charge is 2.22. The molecule has 1 amide bonds. The lowest BCUT2D eigenvalue weighted by molar-refractivity contribution is 0.0920. The standard InChI is InChI=1S/C16H17FN2O3S/c17-11-5-3-10(4-6-11)12(20)8-18-15(21)14-9-19-16(23-14)13-2-1-7-22-13/h3-6,9,12-13,20H,1-2,7-8H2,(H,18,21). The maximum absolute atomic E-state index is 12.8. The Bertz CT molecular complexity index is 668. The molecule has 2 aromatic rings. The van der Waals surface area contributed by atoms with E-state index in [1.165, 1.54) is 41.8 Å². The van der Waals surface area contributed by atoms with E-state index in [0.717, 1.165) is 24.5 Å². The molecular weight excluding hydrogens is 319 g/mol. The Labute approximate surface area is 137 Å². The van der Waals surface area contributed by atoms with E-state index in [1.807, 2.05) is 0 Å². The van der Waals surface area contributed by atoms with Crippen LogP contribution in [0.2, 0.25) is 0 Å². The molecule has 2 atom stereocenters. The second-order valence-corrected chi connectivity index (χ2v) is 6.40. The molecule has 122 valence electrons. The highest BCUT2D eigenvalue weighted by molar-refractivity contribution is 7.13. The minimum absolute atomic E-state index is 0.00800. The summed E-state index contributed by atoms with van der Waals surface area (Å²) in [7, 11) is 0. The van der Waals surface area contributed by atoms with Gasteiger partial charge in [0.05, 0.1) is 12.3 Å². The van der Waals surface area contributed by atoms with Crippen molar-refractivity contribution < 1.29 is 19.0 Å². The zero-order valence-electron chi connectivity index (χ0n) is 12.4. The minimum Gasteiger partial charge on any atom is -0.387 e. The number of ether oxygens (including phenoxy) is 1. The summed E-state index contributed by atoms with van der Waals surface area (Å²) in [6, 6.07) is 5.54. The van der Waals surface area contributed by atoms with E-state index in [4.69, 9.17) is 4.74 Å². The molecule has 1 saturated heterocycles. The summed E-state index contributed by atoms with van der Waals surface area (Å²) in [5.41, 5.74) is 0.552. The number of aromatic nitrogens is 1. The molecule has 0 bridgehead atoms. The number of halogens is 1. The molecule has 5 nitrogen and oxygen atoms in total. The second kappa shape index (κ2) is 7.16. The van der Waals surface area contributed by atoms with E-state index < -0.39 is 6.10 Å². The van der Waals surface area contributed by atoms with Gasteiger partial charge in [0.1, 0.15) is 21.8 Å². The average molecular weight is 336 g/mol. The molecule has 7 heteroatoms. The Morgan fingerprint density at radius 2 is 2.26 bits per heavy atom. The Balaban J connectivity index is 1.55. The van der Waals surface area contributed by atoms with Crippen LogP contribution in [-0.2, 0) is 4.74 Å². The molecule has 1 aromatic heterocycles. The van der Waals surface area contributed by atoms with Crippen molar-refractivity contribution >= 4 is 17.2 Å². The van der Waals surface area contributed by atoms with Crippen LogP contribution in [0.25, 0.3) is 0 Å². The van der Waals surface area contributed by atoms with Crippen molar-refractivity contribution in [3.8, 4) is 0 Å². The monoisotopic (exact) mass is 336 g/mol. The molecule has 23 heavy (non-hydrogen) atoms. The molecule has 1 aromatic carbocycles. The maximum Gasteiger partial charge on any atom is 0.263 e. The highest BCUT2D eigenvalue weighted by Crippen LogP contribution is 2.31. The molecule has 3 rings (SSSR count). The summed E-state index contributed by atoms with van der Waals surface area (Å²) in [6.45, 7) is 0.785. The first kappa shape index (κ1) is 16.0. The normalized spacial score (nSPS) is 18.8. The van der Waals surface area contributed by atoms with Crippen molar-refractivity contribution in [3.05, 3.63) is 51.7 Å². The van der Waals surface area contributed by atoms with Gasteiger partial charge in [-0.25, -0.2) is 9.37 Å². The number of benzene rings is 1. The minimum atomic E-state index is -0.884. The lowest BCUT2D eigenvalue weighted by Crippen LogP contribution is -2.27. The van der Waals surface area contributed by atoms with Crippen LogP contribution in [0.3, 0.4) is 0 Å². The van der Waals surface area contributed by atoms with Gasteiger partial charge in [0.25, 0.3) is 5.91 Å². The molecule has 1 fully saturated rings. The Kier molecular flexibility index (Phi) is 5.00. The lowest BCUT2D eigenvalue weighted by atomic mass is 10.1. The third kappa shape index (κ3) is 3.93. The molecule has 0 radical (unpaired) electrons. The van der Waals surface area contributed by atoms with Crippen LogP contribution >= 0.6 is 11.3 Å². The molecule has 2 N–H and O–H groups in total. The summed E-state index contributed by atoms with van der Waals surface area (Å²) in [5.74, 6) is -0.649. The first-order valence-corrected chi connectivity index (χ1v) is 8.24.